The predicted octanol–water partition coefficient (Wildman–Crippen LogP) is 2.06. The summed E-state index contributed by atoms with van der Waals surface area (Å²) in [5, 5.41) is 22.3. The van der Waals surface area contributed by atoms with E-state index < -0.39 is 6.10 Å². The first-order chi connectivity index (χ1) is 9.86. The van der Waals surface area contributed by atoms with Crippen LogP contribution in [0.25, 0.3) is 0 Å². The largest absolute Gasteiger partial charge is 0.491 e. The number of benzene rings is 1. The van der Waals surface area contributed by atoms with E-state index in [1.54, 1.807) is 28.9 Å². The number of aromatic nitrogens is 4. The molecule has 0 spiro atoms. The Morgan fingerprint density at radius 1 is 1.29 bits per heavy atom. The summed E-state index contributed by atoms with van der Waals surface area (Å²) in [6.07, 6.45) is -0.703. The lowest BCUT2D eigenvalue weighted by molar-refractivity contribution is 0.0871. The summed E-state index contributed by atoms with van der Waals surface area (Å²) in [4.78, 5) is 0. The van der Waals surface area contributed by atoms with E-state index >= 15 is 0 Å². The molecule has 1 N–H and O–H groups in total. The highest BCUT2D eigenvalue weighted by Gasteiger charge is 2.23. The van der Waals surface area contributed by atoms with Gasteiger partial charge in [-0.1, -0.05) is 32.4 Å². The van der Waals surface area contributed by atoms with Gasteiger partial charge in [-0.25, -0.2) is 4.68 Å². The molecular weight excluding hydrogens is 292 g/mol. The summed E-state index contributed by atoms with van der Waals surface area (Å²) >= 11 is 5.80. The van der Waals surface area contributed by atoms with Crippen molar-refractivity contribution in [3.05, 3.63) is 35.1 Å². The Bertz CT molecular complexity index is 577. The Morgan fingerprint density at radius 3 is 2.57 bits per heavy atom. The molecule has 1 heterocycles. The predicted molar refractivity (Wildman–Crippen MR) is 79.5 cm³/mol. The van der Waals surface area contributed by atoms with Gasteiger partial charge >= 0.3 is 0 Å². The van der Waals surface area contributed by atoms with Crippen molar-refractivity contribution in [2.45, 2.75) is 38.8 Å². The molecular formula is C14H19ClN4O2. The molecule has 7 heteroatoms. The molecule has 114 valence electrons. The second-order valence-corrected chi connectivity index (χ2v) is 6.29. The zero-order chi connectivity index (χ0) is 15.5. The fourth-order valence-corrected chi connectivity index (χ4v) is 1.97. The van der Waals surface area contributed by atoms with E-state index in [4.69, 9.17) is 16.3 Å². The summed E-state index contributed by atoms with van der Waals surface area (Å²) in [7, 11) is 0. The molecule has 0 aliphatic rings. The summed E-state index contributed by atoms with van der Waals surface area (Å²) in [6, 6.07) is 6.99. The smallest absolute Gasteiger partial charge is 0.156 e. The van der Waals surface area contributed by atoms with Crippen LogP contribution in [0.4, 0.5) is 0 Å². The van der Waals surface area contributed by atoms with Gasteiger partial charge < -0.3 is 9.84 Å². The molecule has 1 aromatic heterocycles. The van der Waals surface area contributed by atoms with Gasteiger partial charge in [-0.15, -0.1) is 5.10 Å². The first-order valence-corrected chi connectivity index (χ1v) is 7.07. The third-order valence-corrected chi connectivity index (χ3v) is 3.09. The number of rotatable bonds is 5. The third-order valence-electron chi connectivity index (χ3n) is 2.84. The average Bonchev–Trinajstić information content (AvgIpc) is 2.86. The maximum absolute atomic E-state index is 10.1. The number of halogens is 1. The van der Waals surface area contributed by atoms with Gasteiger partial charge in [0.15, 0.2) is 5.82 Å². The second kappa shape index (κ2) is 6.41. The molecule has 0 aliphatic heterocycles. The van der Waals surface area contributed by atoms with Gasteiger partial charge in [0.25, 0.3) is 0 Å². The number of aliphatic hydroxyl groups excluding tert-OH is 1. The normalized spacial score (nSPS) is 13.2. The Kier molecular flexibility index (Phi) is 4.80. The fourth-order valence-electron chi connectivity index (χ4n) is 1.84. The maximum atomic E-state index is 10.1. The molecule has 2 aromatic rings. The quantitative estimate of drug-likeness (QED) is 0.915. The van der Waals surface area contributed by atoms with Crippen molar-refractivity contribution in [1.82, 2.24) is 20.2 Å². The number of aliphatic hydroxyl groups is 1. The van der Waals surface area contributed by atoms with E-state index in [2.05, 4.69) is 15.5 Å². The summed E-state index contributed by atoms with van der Waals surface area (Å²) in [6.45, 7) is 6.50. The average molecular weight is 311 g/mol. The SMILES string of the molecule is CC(C)(C)c1nnnn1CC(O)COc1ccc(Cl)cc1. The maximum Gasteiger partial charge on any atom is 0.156 e. The zero-order valence-electron chi connectivity index (χ0n) is 12.3. The minimum Gasteiger partial charge on any atom is -0.491 e. The molecule has 0 aliphatic carbocycles. The zero-order valence-corrected chi connectivity index (χ0v) is 13.1. The van der Waals surface area contributed by atoms with Crippen LogP contribution >= 0.6 is 11.6 Å². The van der Waals surface area contributed by atoms with Crippen LogP contribution in [0.2, 0.25) is 5.02 Å². The first kappa shape index (κ1) is 15.7. The van der Waals surface area contributed by atoms with E-state index in [1.165, 1.54) is 0 Å². The van der Waals surface area contributed by atoms with Crippen molar-refractivity contribution in [3.8, 4) is 5.75 Å². The minimum atomic E-state index is -0.703. The van der Waals surface area contributed by atoms with Crippen LogP contribution in [0.3, 0.4) is 0 Å². The van der Waals surface area contributed by atoms with Crippen molar-refractivity contribution in [1.29, 1.82) is 0 Å². The van der Waals surface area contributed by atoms with Gasteiger partial charge in [0.1, 0.15) is 18.5 Å². The Labute approximate surface area is 128 Å². The van der Waals surface area contributed by atoms with Crippen LogP contribution in [-0.2, 0) is 12.0 Å². The van der Waals surface area contributed by atoms with E-state index in [9.17, 15) is 5.11 Å². The van der Waals surface area contributed by atoms with Gasteiger partial charge in [-0.3, -0.25) is 0 Å². The van der Waals surface area contributed by atoms with Crippen molar-refractivity contribution < 1.29 is 9.84 Å². The molecule has 1 atom stereocenters. The number of tetrazole rings is 1. The van der Waals surface area contributed by atoms with E-state index in [1.807, 2.05) is 20.8 Å². The monoisotopic (exact) mass is 310 g/mol. The van der Waals surface area contributed by atoms with Crippen LogP contribution in [0.1, 0.15) is 26.6 Å². The lowest BCUT2D eigenvalue weighted by Gasteiger charge is -2.19. The molecule has 0 fully saturated rings. The Hall–Kier alpha value is -1.66. The second-order valence-electron chi connectivity index (χ2n) is 5.85. The number of hydrogen-bond donors (Lipinski definition) is 1. The van der Waals surface area contributed by atoms with Gasteiger partial charge in [0, 0.05) is 10.4 Å². The molecule has 0 bridgehead atoms. The lowest BCUT2D eigenvalue weighted by atomic mass is 9.96. The van der Waals surface area contributed by atoms with Crippen molar-refractivity contribution >= 4 is 11.6 Å². The third kappa shape index (κ3) is 4.41. The molecule has 1 aromatic carbocycles. The van der Waals surface area contributed by atoms with Gasteiger partial charge in [-0.05, 0) is 34.7 Å². The van der Waals surface area contributed by atoms with Gasteiger partial charge in [-0.2, -0.15) is 0 Å². The van der Waals surface area contributed by atoms with Crippen LogP contribution < -0.4 is 4.74 Å². The van der Waals surface area contributed by atoms with Crippen LogP contribution in [-0.4, -0.2) is 38.0 Å². The van der Waals surface area contributed by atoms with Crippen molar-refractivity contribution in [3.63, 3.8) is 0 Å². The standard InChI is InChI=1S/C14H19ClN4O2/c1-14(2,3)13-16-17-18-19(13)8-11(20)9-21-12-6-4-10(15)5-7-12/h4-7,11,20H,8-9H2,1-3H3. The van der Waals surface area contributed by atoms with Gasteiger partial charge in [0.2, 0.25) is 0 Å². The van der Waals surface area contributed by atoms with Crippen LogP contribution in [0.5, 0.6) is 5.75 Å². The molecule has 0 saturated carbocycles. The van der Waals surface area contributed by atoms with E-state index in [-0.39, 0.29) is 18.6 Å². The fraction of sp³-hybridized carbons (Fsp3) is 0.500. The molecule has 0 amide bonds. The van der Waals surface area contributed by atoms with E-state index in [0.29, 0.717) is 10.8 Å². The highest BCUT2D eigenvalue weighted by molar-refractivity contribution is 6.30. The minimum absolute atomic E-state index is 0.158. The topological polar surface area (TPSA) is 73.1 Å². The van der Waals surface area contributed by atoms with Crippen LogP contribution in [0.15, 0.2) is 24.3 Å². The van der Waals surface area contributed by atoms with Crippen molar-refractivity contribution in [2.24, 2.45) is 0 Å². The molecule has 6 nitrogen and oxygen atoms in total. The first-order valence-electron chi connectivity index (χ1n) is 6.69. The number of ether oxygens (including phenoxy) is 1. The highest BCUT2D eigenvalue weighted by atomic mass is 35.5. The van der Waals surface area contributed by atoms with E-state index in [0.717, 1.165) is 5.82 Å². The molecule has 21 heavy (non-hydrogen) atoms. The highest BCUT2D eigenvalue weighted by Crippen LogP contribution is 2.19. The molecule has 1 unspecified atom stereocenters. The van der Waals surface area contributed by atoms with Crippen LogP contribution in [0, 0.1) is 0 Å². The summed E-state index contributed by atoms with van der Waals surface area (Å²) in [5.74, 6) is 1.39. The molecule has 0 saturated heterocycles. The molecule has 0 radical (unpaired) electrons. The number of nitrogens with zero attached hydrogens (tertiary/aromatic N) is 4. The summed E-state index contributed by atoms with van der Waals surface area (Å²) < 4.78 is 7.11. The summed E-state index contributed by atoms with van der Waals surface area (Å²) in [5.41, 5.74) is -0.180. The lowest BCUT2D eigenvalue weighted by Crippen LogP contribution is -2.28. The van der Waals surface area contributed by atoms with Crippen molar-refractivity contribution in [2.75, 3.05) is 6.61 Å². The Morgan fingerprint density at radius 2 is 1.95 bits per heavy atom. The van der Waals surface area contributed by atoms with Gasteiger partial charge in [0.05, 0.1) is 6.54 Å². The molecule has 2 rings (SSSR count). The number of hydrogen-bond acceptors (Lipinski definition) is 5. The Balaban J connectivity index is 1.92.